The second-order valence-electron chi connectivity index (χ2n) is 12.2. The van der Waals surface area contributed by atoms with Gasteiger partial charge >= 0.3 is 0 Å². The molecular weight excluding hydrogens is 502 g/mol. The largest absolute Gasteiger partial charge is 0.348 e. The first-order valence-electron chi connectivity index (χ1n) is 16.0. The number of hydrogen-bond donors (Lipinski definition) is 2. The molecule has 41 heavy (non-hydrogen) atoms. The number of amides is 1. The first-order valence-corrected chi connectivity index (χ1v) is 16.0. The Morgan fingerprint density at radius 1 is 0.805 bits per heavy atom. The van der Waals surface area contributed by atoms with Crippen LogP contribution in [0, 0.1) is 5.92 Å². The molecule has 2 heterocycles. The van der Waals surface area contributed by atoms with Crippen LogP contribution in [0.5, 0.6) is 0 Å². The summed E-state index contributed by atoms with van der Waals surface area (Å²) < 4.78 is 2.37. The Kier molecular flexibility index (Phi) is 9.17. The van der Waals surface area contributed by atoms with Gasteiger partial charge in [-0.05, 0) is 68.3 Å². The molecule has 3 aromatic carbocycles. The average molecular weight is 548 g/mol. The van der Waals surface area contributed by atoms with Crippen molar-refractivity contribution in [1.29, 1.82) is 0 Å². The molecule has 2 N–H and O–H groups in total. The number of fused-ring (bicyclic) bond motifs is 1. The smallest absolute Gasteiger partial charge is 0.268 e. The summed E-state index contributed by atoms with van der Waals surface area (Å²) >= 11 is 0. The van der Waals surface area contributed by atoms with Crippen LogP contribution in [0.3, 0.4) is 0 Å². The minimum Gasteiger partial charge on any atom is -0.348 e. The van der Waals surface area contributed by atoms with Gasteiger partial charge in [-0.25, -0.2) is 0 Å². The van der Waals surface area contributed by atoms with E-state index in [1.807, 2.05) is 0 Å². The molecule has 1 saturated heterocycles. The summed E-state index contributed by atoms with van der Waals surface area (Å²) in [6.07, 6.45) is 12.0. The monoisotopic (exact) mass is 547 g/mol. The van der Waals surface area contributed by atoms with Crippen molar-refractivity contribution in [3.05, 3.63) is 107 Å². The fourth-order valence-corrected chi connectivity index (χ4v) is 7.27. The predicted octanol–water partition coefficient (Wildman–Crippen LogP) is 8.05. The quantitative estimate of drug-likeness (QED) is 0.223. The summed E-state index contributed by atoms with van der Waals surface area (Å²) in [4.78, 5) is 14.6. The van der Waals surface area contributed by atoms with E-state index in [2.05, 4.69) is 100 Å². The number of benzene rings is 3. The fourth-order valence-electron chi connectivity index (χ4n) is 7.27. The molecule has 1 saturated carbocycles. The third-order valence-electron chi connectivity index (χ3n) is 9.38. The van der Waals surface area contributed by atoms with Gasteiger partial charge in [0.1, 0.15) is 5.69 Å². The molecule has 1 aliphatic heterocycles. The zero-order valence-electron chi connectivity index (χ0n) is 24.4. The van der Waals surface area contributed by atoms with E-state index in [0.717, 1.165) is 56.1 Å². The Morgan fingerprint density at radius 3 is 2.10 bits per heavy atom. The molecule has 1 unspecified atom stereocenters. The summed E-state index contributed by atoms with van der Waals surface area (Å²) in [7, 11) is 0. The van der Waals surface area contributed by atoms with Crippen molar-refractivity contribution < 1.29 is 4.79 Å². The second kappa shape index (κ2) is 13.5. The number of para-hydroxylation sites is 1. The van der Waals surface area contributed by atoms with Crippen LogP contribution in [-0.4, -0.2) is 29.6 Å². The van der Waals surface area contributed by atoms with Crippen LogP contribution in [0.4, 0.5) is 0 Å². The second-order valence-corrected chi connectivity index (χ2v) is 12.2. The van der Waals surface area contributed by atoms with Gasteiger partial charge in [0, 0.05) is 35.0 Å². The molecule has 1 atom stereocenters. The van der Waals surface area contributed by atoms with E-state index in [4.69, 9.17) is 0 Å². The lowest BCUT2D eigenvalue weighted by molar-refractivity contribution is 0.0920. The number of aromatic nitrogens is 1. The zero-order chi connectivity index (χ0) is 27.9. The molecular formula is C37H45N3O. The topological polar surface area (TPSA) is 46.1 Å². The number of nitrogens with one attached hydrogen (secondary N) is 2. The number of nitrogens with zero attached hydrogens (tertiary/aromatic N) is 1. The highest BCUT2D eigenvalue weighted by Gasteiger charge is 2.31. The Morgan fingerprint density at radius 2 is 1.44 bits per heavy atom. The normalized spacial score (nSPS) is 18.4. The van der Waals surface area contributed by atoms with Crippen molar-refractivity contribution in [3.8, 4) is 0 Å². The number of carbonyl (C=O) groups is 1. The maximum absolute atomic E-state index is 14.6. The SMILES string of the molecule is O=C(NC1CCCCCCC1)c1c(C(c2ccccc2)c2ccccc2)c2ccccc2n1CCCC1CCNC1. The van der Waals surface area contributed by atoms with Crippen molar-refractivity contribution in [3.63, 3.8) is 0 Å². The predicted molar refractivity (Wildman–Crippen MR) is 170 cm³/mol. The van der Waals surface area contributed by atoms with Gasteiger partial charge in [0.25, 0.3) is 5.91 Å². The van der Waals surface area contributed by atoms with E-state index in [0.29, 0.717) is 0 Å². The first-order chi connectivity index (χ1) is 20.3. The van der Waals surface area contributed by atoms with Crippen LogP contribution in [-0.2, 0) is 6.54 Å². The van der Waals surface area contributed by atoms with E-state index in [1.165, 1.54) is 67.0 Å². The highest BCUT2D eigenvalue weighted by Crippen LogP contribution is 2.40. The molecule has 6 rings (SSSR count). The Hall–Kier alpha value is -3.37. The molecule has 2 aliphatic rings. The lowest BCUT2D eigenvalue weighted by Crippen LogP contribution is -2.37. The molecule has 1 aromatic heterocycles. The molecule has 4 nitrogen and oxygen atoms in total. The Bertz CT molecular complexity index is 1360. The molecule has 4 heteroatoms. The Balaban J connectivity index is 1.47. The van der Waals surface area contributed by atoms with Crippen molar-refractivity contribution in [2.24, 2.45) is 5.92 Å². The number of aryl methyl sites for hydroxylation is 1. The highest BCUT2D eigenvalue weighted by molar-refractivity contribution is 6.03. The van der Waals surface area contributed by atoms with Crippen molar-refractivity contribution in [2.75, 3.05) is 13.1 Å². The summed E-state index contributed by atoms with van der Waals surface area (Å²) in [5.74, 6) is 0.812. The molecule has 1 amide bonds. The van der Waals surface area contributed by atoms with Gasteiger partial charge in [-0.15, -0.1) is 0 Å². The lowest BCUT2D eigenvalue weighted by atomic mass is 9.83. The fraction of sp³-hybridized carbons (Fsp3) is 0.432. The van der Waals surface area contributed by atoms with Gasteiger partial charge in [0.2, 0.25) is 0 Å². The molecule has 0 bridgehead atoms. The maximum atomic E-state index is 14.6. The number of hydrogen-bond acceptors (Lipinski definition) is 2. The summed E-state index contributed by atoms with van der Waals surface area (Å²) in [6, 6.07) is 30.4. The number of rotatable bonds is 9. The molecule has 2 fully saturated rings. The summed E-state index contributed by atoms with van der Waals surface area (Å²) in [5, 5.41) is 8.27. The van der Waals surface area contributed by atoms with Crippen LogP contribution in [0.25, 0.3) is 10.9 Å². The molecule has 1 aliphatic carbocycles. The maximum Gasteiger partial charge on any atom is 0.268 e. The van der Waals surface area contributed by atoms with Gasteiger partial charge in [-0.3, -0.25) is 4.79 Å². The van der Waals surface area contributed by atoms with Crippen molar-refractivity contribution >= 4 is 16.8 Å². The number of carbonyl (C=O) groups excluding carboxylic acids is 1. The van der Waals surface area contributed by atoms with Gasteiger partial charge < -0.3 is 15.2 Å². The Labute approximate surface area is 245 Å². The van der Waals surface area contributed by atoms with Gasteiger partial charge in [0.15, 0.2) is 0 Å². The van der Waals surface area contributed by atoms with E-state index in [9.17, 15) is 4.79 Å². The first kappa shape index (κ1) is 27.8. The van der Waals surface area contributed by atoms with Gasteiger partial charge in [-0.1, -0.05) is 111 Å². The van der Waals surface area contributed by atoms with Crippen LogP contribution < -0.4 is 10.6 Å². The third-order valence-corrected chi connectivity index (χ3v) is 9.38. The van der Waals surface area contributed by atoms with Crippen LogP contribution >= 0.6 is 0 Å². The van der Waals surface area contributed by atoms with Gasteiger partial charge in [0.05, 0.1) is 0 Å². The third kappa shape index (κ3) is 6.43. The molecule has 4 aromatic rings. The van der Waals surface area contributed by atoms with E-state index < -0.39 is 0 Å². The minimum absolute atomic E-state index is 0.0272. The van der Waals surface area contributed by atoms with Crippen molar-refractivity contribution in [2.45, 2.75) is 82.7 Å². The van der Waals surface area contributed by atoms with Gasteiger partial charge in [-0.2, -0.15) is 0 Å². The average Bonchev–Trinajstić information content (AvgIpc) is 3.63. The lowest BCUT2D eigenvalue weighted by Gasteiger charge is -2.24. The van der Waals surface area contributed by atoms with Crippen LogP contribution in [0.1, 0.15) is 97.3 Å². The molecule has 0 radical (unpaired) electrons. The molecule has 0 spiro atoms. The van der Waals surface area contributed by atoms with Crippen LogP contribution in [0.15, 0.2) is 84.9 Å². The summed E-state index contributed by atoms with van der Waals surface area (Å²) in [6.45, 7) is 3.11. The van der Waals surface area contributed by atoms with E-state index in [1.54, 1.807) is 0 Å². The van der Waals surface area contributed by atoms with E-state index in [-0.39, 0.29) is 17.9 Å². The standard InChI is InChI=1S/C37H45N3O/c41-37(39-31-20-10-2-1-3-11-21-31)36-35(34(29-16-6-4-7-17-29)30-18-8-5-9-19-30)32-22-12-13-23-33(32)40(36)26-14-15-28-24-25-38-27-28/h4-9,12-13,16-19,22-23,28,31,34,38H,1-3,10-11,14-15,20-21,24-27H2,(H,39,41). The molecule has 214 valence electrons. The van der Waals surface area contributed by atoms with E-state index >= 15 is 0 Å². The van der Waals surface area contributed by atoms with Crippen molar-refractivity contribution in [1.82, 2.24) is 15.2 Å². The van der Waals surface area contributed by atoms with Crippen LogP contribution in [0.2, 0.25) is 0 Å². The minimum atomic E-state index is -0.0272. The summed E-state index contributed by atoms with van der Waals surface area (Å²) in [5.41, 5.74) is 5.61. The highest BCUT2D eigenvalue weighted by atomic mass is 16.2. The zero-order valence-corrected chi connectivity index (χ0v) is 24.4.